The van der Waals surface area contributed by atoms with E-state index in [1.54, 1.807) is 12.1 Å². The number of carbonyl (C=O) groups is 1. The average molecular weight is 401 g/mol. The normalized spacial score (nSPS) is 22.3. The zero-order chi connectivity index (χ0) is 17.8. The van der Waals surface area contributed by atoms with Crippen molar-refractivity contribution < 1.29 is 18.3 Å². The lowest BCUT2D eigenvalue weighted by Gasteiger charge is -2.40. The monoisotopic (exact) mass is 400 g/mol. The van der Waals surface area contributed by atoms with Crippen LogP contribution in [-0.2, 0) is 21.1 Å². The number of Topliss-reactive ketones (excluding diaryl/α,β-unsaturated/α-hetero) is 1. The predicted octanol–water partition coefficient (Wildman–Crippen LogP) is 3.84. The number of aryl methyl sites for hydroxylation is 1. The highest BCUT2D eigenvalue weighted by Gasteiger charge is 2.58. The van der Waals surface area contributed by atoms with Gasteiger partial charge in [0.2, 0.25) is 0 Å². The van der Waals surface area contributed by atoms with Crippen molar-refractivity contribution >= 4 is 37.1 Å². The summed E-state index contributed by atoms with van der Waals surface area (Å²) < 4.78 is 23.2. The van der Waals surface area contributed by atoms with E-state index in [0.29, 0.717) is 12.0 Å². The van der Waals surface area contributed by atoms with Crippen LogP contribution in [0.5, 0.6) is 0 Å². The molecule has 1 heterocycles. The van der Waals surface area contributed by atoms with Crippen molar-refractivity contribution in [2.45, 2.75) is 50.5 Å². The minimum atomic E-state index is -3.87. The summed E-state index contributed by atoms with van der Waals surface area (Å²) in [7, 11) is -3.87. The first kappa shape index (κ1) is 18.2. The van der Waals surface area contributed by atoms with Crippen LogP contribution < -0.4 is 0 Å². The third-order valence-corrected chi connectivity index (χ3v) is 8.20. The van der Waals surface area contributed by atoms with Crippen molar-refractivity contribution in [2.75, 3.05) is 0 Å². The van der Waals surface area contributed by atoms with Crippen molar-refractivity contribution in [3.8, 4) is 0 Å². The lowest BCUT2D eigenvalue weighted by Crippen LogP contribution is -2.55. The molecule has 0 bridgehead atoms. The quantitative estimate of drug-likeness (QED) is 0.818. The van der Waals surface area contributed by atoms with Crippen LogP contribution in [0, 0.1) is 0 Å². The summed E-state index contributed by atoms with van der Waals surface area (Å²) in [6.45, 7) is 7.64. The molecule has 1 aliphatic rings. The lowest BCUT2D eigenvalue weighted by atomic mass is 9.86. The molecule has 0 amide bonds. The van der Waals surface area contributed by atoms with Crippen molar-refractivity contribution in [2.24, 2.45) is 0 Å². The second-order valence-corrected chi connectivity index (χ2v) is 10.7. The number of rotatable bonds is 2. The van der Waals surface area contributed by atoms with Crippen LogP contribution in [0.4, 0.5) is 0 Å². The standard InChI is InChI=1S/C17H21BrO4S/c1-6-10-9-11(18)7-8-12(10)13-14(19)16(2,3)23(21,22)17(4,5)15(13)20/h7-9,19H,6H2,1-5H3. The zero-order valence-corrected chi connectivity index (χ0v) is 16.3. The number of halogens is 1. The van der Waals surface area contributed by atoms with Crippen LogP contribution in [0.15, 0.2) is 28.4 Å². The number of aliphatic hydroxyl groups excluding tert-OH is 1. The maximum atomic E-state index is 12.9. The van der Waals surface area contributed by atoms with E-state index in [1.807, 2.05) is 13.0 Å². The number of ketones is 1. The molecule has 126 valence electrons. The third kappa shape index (κ3) is 2.38. The van der Waals surface area contributed by atoms with Crippen molar-refractivity contribution in [1.29, 1.82) is 0 Å². The second kappa shape index (κ2) is 5.45. The minimum Gasteiger partial charge on any atom is -0.510 e. The topological polar surface area (TPSA) is 71.4 Å². The van der Waals surface area contributed by atoms with E-state index in [9.17, 15) is 18.3 Å². The molecule has 2 rings (SSSR count). The van der Waals surface area contributed by atoms with Crippen LogP contribution in [-0.4, -0.2) is 28.8 Å². The number of allylic oxidation sites excluding steroid dienone is 1. The molecule has 1 aliphatic heterocycles. The van der Waals surface area contributed by atoms with E-state index in [0.717, 1.165) is 10.0 Å². The van der Waals surface area contributed by atoms with Crippen molar-refractivity contribution in [1.82, 2.24) is 0 Å². The van der Waals surface area contributed by atoms with Crippen molar-refractivity contribution in [3.05, 3.63) is 39.6 Å². The SMILES string of the molecule is CCc1cc(Br)ccc1C1=C(O)C(C)(C)S(=O)(=O)C(C)(C)C1=O. The van der Waals surface area contributed by atoms with Gasteiger partial charge in [-0.25, -0.2) is 8.42 Å². The Morgan fingerprint density at radius 2 is 1.70 bits per heavy atom. The molecular weight excluding hydrogens is 380 g/mol. The molecular formula is C17H21BrO4S. The number of sulfone groups is 1. The van der Waals surface area contributed by atoms with Crippen LogP contribution >= 0.6 is 15.9 Å². The zero-order valence-electron chi connectivity index (χ0n) is 13.9. The minimum absolute atomic E-state index is 0.110. The van der Waals surface area contributed by atoms with Crippen LogP contribution in [0.3, 0.4) is 0 Å². The van der Waals surface area contributed by atoms with Gasteiger partial charge in [0.15, 0.2) is 15.6 Å². The third-order valence-electron chi connectivity index (χ3n) is 4.64. The highest BCUT2D eigenvalue weighted by atomic mass is 79.9. The molecule has 0 saturated heterocycles. The molecule has 0 aromatic heterocycles. The molecule has 1 aromatic carbocycles. The highest BCUT2D eigenvalue weighted by Crippen LogP contribution is 2.45. The second-order valence-electron chi connectivity index (χ2n) is 6.73. The Kier molecular flexibility index (Phi) is 4.31. The van der Waals surface area contributed by atoms with E-state index in [4.69, 9.17) is 0 Å². The van der Waals surface area contributed by atoms with E-state index < -0.39 is 25.1 Å². The largest absolute Gasteiger partial charge is 0.510 e. The van der Waals surface area contributed by atoms with Gasteiger partial charge in [-0.2, -0.15) is 0 Å². The molecule has 0 fully saturated rings. The highest BCUT2D eigenvalue weighted by molar-refractivity contribution is 9.10. The van der Waals surface area contributed by atoms with Crippen LogP contribution in [0.1, 0.15) is 45.7 Å². The Bertz CT molecular complexity index is 817. The van der Waals surface area contributed by atoms with E-state index >= 15 is 0 Å². The predicted molar refractivity (Wildman–Crippen MR) is 95.2 cm³/mol. The van der Waals surface area contributed by atoms with Crippen LogP contribution in [0.2, 0.25) is 0 Å². The van der Waals surface area contributed by atoms with Gasteiger partial charge < -0.3 is 5.11 Å². The number of hydrogen-bond acceptors (Lipinski definition) is 4. The number of carbonyl (C=O) groups excluding carboxylic acids is 1. The first-order valence-electron chi connectivity index (χ1n) is 7.41. The van der Waals surface area contributed by atoms with Gasteiger partial charge in [-0.15, -0.1) is 0 Å². The Balaban J connectivity index is 2.89. The fourth-order valence-electron chi connectivity index (χ4n) is 2.95. The Hall–Kier alpha value is -1.14. The van der Waals surface area contributed by atoms with Gasteiger partial charge in [-0.1, -0.05) is 28.9 Å². The molecule has 1 N–H and O–H groups in total. The van der Waals surface area contributed by atoms with Gasteiger partial charge in [-0.05, 0) is 57.4 Å². The van der Waals surface area contributed by atoms with Gasteiger partial charge in [0.1, 0.15) is 15.3 Å². The van der Waals surface area contributed by atoms with Gasteiger partial charge in [0.05, 0.1) is 5.57 Å². The molecule has 23 heavy (non-hydrogen) atoms. The van der Waals surface area contributed by atoms with Crippen LogP contribution in [0.25, 0.3) is 5.57 Å². The molecule has 0 aliphatic carbocycles. The summed E-state index contributed by atoms with van der Waals surface area (Å²) in [5.41, 5.74) is 1.58. The molecule has 1 aromatic rings. The average Bonchev–Trinajstić information content (AvgIpc) is 2.46. The summed E-state index contributed by atoms with van der Waals surface area (Å²) in [6.07, 6.45) is 0.659. The molecule has 0 saturated carbocycles. The first-order chi connectivity index (χ1) is 10.4. The van der Waals surface area contributed by atoms with E-state index in [-0.39, 0.29) is 11.3 Å². The number of aliphatic hydroxyl groups is 1. The molecule has 0 unspecified atom stereocenters. The Morgan fingerprint density at radius 1 is 1.13 bits per heavy atom. The number of hydrogen-bond donors (Lipinski definition) is 1. The van der Waals surface area contributed by atoms with E-state index in [1.165, 1.54) is 27.7 Å². The van der Waals surface area contributed by atoms with Gasteiger partial charge in [-0.3, -0.25) is 4.79 Å². The smallest absolute Gasteiger partial charge is 0.187 e. The maximum Gasteiger partial charge on any atom is 0.187 e. The molecule has 4 nitrogen and oxygen atoms in total. The molecule has 6 heteroatoms. The van der Waals surface area contributed by atoms with Gasteiger partial charge in [0.25, 0.3) is 0 Å². The lowest BCUT2D eigenvalue weighted by molar-refractivity contribution is -0.115. The van der Waals surface area contributed by atoms with Crippen molar-refractivity contribution in [3.63, 3.8) is 0 Å². The molecule has 0 radical (unpaired) electrons. The van der Waals surface area contributed by atoms with Gasteiger partial charge in [0, 0.05) is 4.47 Å². The van der Waals surface area contributed by atoms with E-state index in [2.05, 4.69) is 15.9 Å². The summed E-state index contributed by atoms with van der Waals surface area (Å²) >= 11 is 3.39. The molecule has 0 spiro atoms. The summed E-state index contributed by atoms with van der Waals surface area (Å²) in [6, 6.07) is 5.41. The summed E-state index contributed by atoms with van der Waals surface area (Å²) in [4.78, 5) is 12.9. The fraction of sp³-hybridized carbons (Fsp3) is 0.471. The van der Waals surface area contributed by atoms with Gasteiger partial charge >= 0.3 is 0 Å². The molecule has 0 atom stereocenters. The Morgan fingerprint density at radius 3 is 2.22 bits per heavy atom. The summed E-state index contributed by atoms with van der Waals surface area (Å²) in [5.74, 6) is -0.940. The first-order valence-corrected chi connectivity index (χ1v) is 9.68. The fourth-order valence-corrected chi connectivity index (χ4v) is 5.33. The maximum absolute atomic E-state index is 12.9. The summed E-state index contributed by atoms with van der Waals surface area (Å²) in [5, 5.41) is 10.6. The Labute approximate surface area is 145 Å². The number of benzene rings is 1.